The van der Waals surface area contributed by atoms with Crippen molar-refractivity contribution in [1.29, 1.82) is 0 Å². The third kappa shape index (κ3) is 4.95. The van der Waals surface area contributed by atoms with E-state index in [2.05, 4.69) is 21.2 Å². The first-order valence-electron chi connectivity index (χ1n) is 10.2. The Morgan fingerprint density at radius 2 is 1.57 bits per heavy atom. The second-order valence-corrected chi connectivity index (χ2v) is 9.75. The summed E-state index contributed by atoms with van der Waals surface area (Å²) in [5.74, 6) is -1.46. The van der Waals surface area contributed by atoms with E-state index in [1.54, 1.807) is 24.3 Å². The van der Waals surface area contributed by atoms with Crippen LogP contribution < -0.4 is 15.0 Å². The highest BCUT2D eigenvalue weighted by Gasteiger charge is 2.40. The van der Waals surface area contributed by atoms with Crippen LogP contribution in [0.5, 0.6) is 5.75 Å². The number of ether oxygens (including phenoxy) is 1. The molecule has 10 heteroatoms. The topological polar surface area (TPSA) is 75.7 Å². The van der Waals surface area contributed by atoms with Crippen LogP contribution in [0.4, 0.5) is 11.4 Å². The number of esters is 1. The maximum Gasteiger partial charge on any atom is 0.343 e. The number of carbonyl (C=O) groups is 3. The Labute approximate surface area is 224 Å². The van der Waals surface area contributed by atoms with E-state index in [0.29, 0.717) is 17.0 Å². The van der Waals surface area contributed by atoms with Gasteiger partial charge in [0, 0.05) is 10.2 Å². The van der Waals surface area contributed by atoms with E-state index in [-0.39, 0.29) is 26.5 Å². The average Bonchev–Trinajstić information content (AvgIpc) is 3.01. The van der Waals surface area contributed by atoms with Crippen molar-refractivity contribution < 1.29 is 19.1 Å². The van der Waals surface area contributed by atoms with Crippen molar-refractivity contribution in [2.75, 3.05) is 10.2 Å². The van der Waals surface area contributed by atoms with Crippen molar-refractivity contribution in [3.63, 3.8) is 0 Å². The molecule has 1 aliphatic heterocycles. The van der Waals surface area contributed by atoms with Crippen LogP contribution in [0.15, 0.2) is 69.8 Å². The lowest BCUT2D eigenvalue weighted by Gasteiger charge is -2.17. The standard InChI is InChI=1S/C25H16BrCl3N2O4/c1-12-10-15(26)11-13(2)22(12)35-25(34)14-6-8-16(9-7-14)30-21-20(29)23(32)31(24(21)33)18-5-3-4-17(27)19(18)28/h3-11,30H,1-2H3. The van der Waals surface area contributed by atoms with Gasteiger partial charge in [-0.1, -0.05) is 56.8 Å². The molecule has 0 aliphatic carbocycles. The minimum Gasteiger partial charge on any atom is -0.422 e. The number of nitrogens with one attached hydrogen (secondary N) is 1. The smallest absolute Gasteiger partial charge is 0.343 e. The number of hydrogen-bond acceptors (Lipinski definition) is 5. The van der Waals surface area contributed by atoms with E-state index in [4.69, 9.17) is 39.5 Å². The van der Waals surface area contributed by atoms with Crippen LogP contribution in [0, 0.1) is 13.8 Å². The van der Waals surface area contributed by atoms with Crippen molar-refractivity contribution >= 4 is 79.9 Å². The number of imide groups is 1. The number of carbonyl (C=O) groups excluding carboxylic acids is 3. The molecule has 3 aromatic rings. The van der Waals surface area contributed by atoms with E-state index < -0.39 is 17.8 Å². The predicted octanol–water partition coefficient (Wildman–Crippen LogP) is 7.03. The predicted molar refractivity (Wildman–Crippen MR) is 140 cm³/mol. The number of amides is 2. The molecule has 1 heterocycles. The first kappa shape index (κ1) is 25.3. The Bertz CT molecular complexity index is 1400. The lowest BCUT2D eigenvalue weighted by Crippen LogP contribution is -2.32. The van der Waals surface area contributed by atoms with Gasteiger partial charge in [0.05, 0.1) is 21.3 Å². The van der Waals surface area contributed by atoms with Crippen molar-refractivity contribution in [3.8, 4) is 5.75 Å². The summed E-state index contributed by atoms with van der Waals surface area (Å²) in [7, 11) is 0. The molecule has 6 nitrogen and oxygen atoms in total. The molecule has 0 bridgehead atoms. The number of rotatable bonds is 5. The highest BCUT2D eigenvalue weighted by molar-refractivity contribution is 9.10. The molecular formula is C25H16BrCl3N2O4. The van der Waals surface area contributed by atoms with E-state index >= 15 is 0 Å². The molecule has 0 unspecified atom stereocenters. The molecular weight excluding hydrogens is 579 g/mol. The van der Waals surface area contributed by atoms with Gasteiger partial charge in [-0.25, -0.2) is 9.69 Å². The number of halogens is 4. The minimum absolute atomic E-state index is 0.0562. The molecule has 0 saturated heterocycles. The zero-order valence-electron chi connectivity index (χ0n) is 18.3. The summed E-state index contributed by atoms with van der Waals surface area (Å²) in [6, 6.07) is 14.5. The molecule has 178 valence electrons. The molecule has 2 amide bonds. The summed E-state index contributed by atoms with van der Waals surface area (Å²) in [5, 5.41) is 2.80. The van der Waals surface area contributed by atoms with Crippen LogP contribution in [0.2, 0.25) is 10.0 Å². The van der Waals surface area contributed by atoms with Crippen molar-refractivity contribution in [1.82, 2.24) is 0 Å². The fourth-order valence-corrected chi connectivity index (χ4v) is 4.82. The first-order valence-corrected chi connectivity index (χ1v) is 12.1. The van der Waals surface area contributed by atoms with E-state index in [1.807, 2.05) is 26.0 Å². The van der Waals surface area contributed by atoms with Gasteiger partial charge in [-0.3, -0.25) is 9.59 Å². The highest BCUT2D eigenvalue weighted by Crippen LogP contribution is 2.37. The highest BCUT2D eigenvalue weighted by atomic mass is 79.9. The molecule has 1 aliphatic rings. The summed E-state index contributed by atoms with van der Waals surface area (Å²) in [6.45, 7) is 3.70. The third-order valence-electron chi connectivity index (χ3n) is 5.21. The average molecular weight is 595 g/mol. The maximum absolute atomic E-state index is 13.0. The Hall–Kier alpha value is -2.84. The van der Waals surface area contributed by atoms with Crippen LogP contribution in [0.1, 0.15) is 21.5 Å². The van der Waals surface area contributed by atoms with E-state index in [9.17, 15) is 14.4 Å². The van der Waals surface area contributed by atoms with Crippen molar-refractivity contribution in [2.45, 2.75) is 13.8 Å². The SMILES string of the molecule is Cc1cc(Br)cc(C)c1OC(=O)c1ccc(NC2=C(Cl)C(=O)N(c3cccc(Cl)c3Cl)C2=O)cc1. The Kier molecular flexibility index (Phi) is 7.24. The molecule has 1 N–H and O–H groups in total. The number of nitrogens with zero attached hydrogens (tertiary/aromatic N) is 1. The molecule has 0 radical (unpaired) electrons. The molecule has 0 spiro atoms. The van der Waals surface area contributed by atoms with Crippen LogP contribution in [0.25, 0.3) is 0 Å². The second-order valence-electron chi connectivity index (χ2n) is 7.67. The molecule has 4 rings (SSSR count). The van der Waals surface area contributed by atoms with Gasteiger partial charge in [-0.05, 0) is 73.5 Å². The van der Waals surface area contributed by atoms with Crippen LogP contribution in [-0.4, -0.2) is 17.8 Å². The number of hydrogen-bond donors (Lipinski definition) is 1. The lowest BCUT2D eigenvalue weighted by molar-refractivity contribution is -0.120. The normalized spacial score (nSPS) is 13.5. The zero-order chi connectivity index (χ0) is 25.4. The van der Waals surface area contributed by atoms with Gasteiger partial charge in [0.25, 0.3) is 11.8 Å². The van der Waals surface area contributed by atoms with Gasteiger partial charge in [-0.15, -0.1) is 0 Å². The summed E-state index contributed by atoms with van der Waals surface area (Å²) in [6.07, 6.45) is 0. The molecule has 3 aromatic carbocycles. The lowest BCUT2D eigenvalue weighted by atomic mass is 10.1. The Morgan fingerprint density at radius 3 is 2.20 bits per heavy atom. The van der Waals surface area contributed by atoms with Gasteiger partial charge < -0.3 is 10.1 Å². The Balaban J connectivity index is 1.52. The molecule has 0 aromatic heterocycles. The number of anilines is 2. The fourth-order valence-electron chi connectivity index (χ4n) is 3.54. The minimum atomic E-state index is -0.733. The quantitative estimate of drug-likeness (QED) is 0.195. The number of aryl methyl sites for hydroxylation is 2. The van der Waals surface area contributed by atoms with Crippen molar-refractivity contribution in [2.24, 2.45) is 0 Å². The first-order chi connectivity index (χ1) is 16.6. The molecule has 0 fully saturated rings. The van der Waals surface area contributed by atoms with Crippen LogP contribution in [-0.2, 0) is 9.59 Å². The summed E-state index contributed by atoms with van der Waals surface area (Å²) in [5.41, 5.74) is 2.38. The zero-order valence-corrected chi connectivity index (χ0v) is 22.1. The summed E-state index contributed by atoms with van der Waals surface area (Å²) < 4.78 is 6.48. The number of benzene rings is 3. The molecule has 0 atom stereocenters. The fraction of sp³-hybridized carbons (Fsp3) is 0.0800. The Morgan fingerprint density at radius 1 is 0.943 bits per heavy atom. The monoisotopic (exact) mass is 592 g/mol. The molecule has 35 heavy (non-hydrogen) atoms. The summed E-state index contributed by atoms with van der Waals surface area (Å²) in [4.78, 5) is 39.2. The van der Waals surface area contributed by atoms with Crippen LogP contribution in [0.3, 0.4) is 0 Å². The van der Waals surface area contributed by atoms with Crippen molar-refractivity contribution in [3.05, 3.63) is 96.5 Å². The van der Waals surface area contributed by atoms with Crippen LogP contribution >= 0.6 is 50.7 Å². The molecule has 0 saturated carbocycles. The van der Waals surface area contributed by atoms with Gasteiger partial charge in [0.15, 0.2) is 0 Å². The maximum atomic E-state index is 13.0. The van der Waals surface area contributed by atoms with Gasteiger partial charge in [0.1, 0.15) is 16.5 Å². The van der Waals surface area contributed by atoms with Gasteiger partial charge in [-0.2, -0.15) is 0 Å². The van der Waals surface area contributed by atoms with E-state index in [1.165, 1.54) is 18.2 Å². The largest absolute Gasteiger partial charge is 0.422 e. The second kappa shape index (κ2) is 10.0. The van der Waals surface area contributed by atoms with Gasteiger partial charge >= 0.3 is 5.97 Å². The summed E-state index contributed by atoms with van der Waals surface area (Å²) >= 11 is 21.8. The third-order valence-corrected chi connectivity index (χ3v) is 6.83. The van der Waals surface area contributed by atoms with Gasteiger partial charge in [0.2, 0.25) is 0 Å². The van der Waals surface area contributed by atoms with E-state index in [0.717, 1.165) is 20.5 Å².